The number of phenols is 2. The summed E-state index contributed by atoms with van der Waals surface area (Å²) in [6, 6.07) is 16.0. The number of benzene rings is 3. The molecule has 0 aliphatic heterocycles. The maximum atomic E-state index is 10.8. The van der Waals surface area contributed by atoms with Crippen molar-refractivity contribution in [3.8, 4) is 11.5 Å². The minimum Gasteiger partial charge on any atom is -0.507 e. The monoisotopic (exact) mass is 512 g/mol. The molecule has 3 aromatic carbocycles. The third-order valence-corrected chi connectivity index (χ3v) is 6.87. The van der Waals surface area contributed by atoms with Crippen LogP contribution in [-0.2, 0) is 25.7 Å². The van der Waals surface area contributed by atoms with Gasteiger partial charge in [0.1, 0.15) is 11.5 Å². The van der Waals surface area contributed by atoms with Gasteiger partial charge in [0, 0.05) is 23.6 Å². The van der Waals surface area contributed by atoms with E-state index < -0.39 is 0 Å². The number of aliphatic imine (C=N–C) groups is 2. The molecule has 4 nitrogen and oxygen atoms in total. The van der Waals surface area contributed by atoms with E-state index in [0.717, 1.165) is 72.2 Å². The molecule has 0 fully saturated rings. The highest BCUT2D eigenvalue weighted by molar-refractivity contribution is 5.88. The van der Waals surface area contributed by atoms with Gasteiger partial charge in [-0.2, -0.15) is 0 Å². The molecule has 4 heteroatoms. The van der Waals surface area contributed by atoms with Crippen LogP contribution >= 0.6 is 0 Å². The molecule has 38 heavy (non-hydrogen) atoms. The molecule has 0 aromatic heterocycles. The molecular weight excluding hydrogens is 468 g/mol. The van der Waals surface area contributed by atoms with Crippen LogP contribution in [0.1, 0.15) is 87.8 Å². The maximum Gasteiger partial charge on any atom is 0.127 e. The third kappa shape index (κ3) is 8.31. The number of aryl methyl sites for hydroxylation is 4. The van der Waals surface area contributed by atoms with E-state index in [1.807, 2.05) is 36.4 Å². The van der Waals surface area contributed by atoms with Crippen molar-refractivity contribution in [1.29, 1.82) is 0 Å². The Morgan fingerprint density at radius 3 is 1.45 bits per heavy atom. The number of hydrogen-bond acceptors (Lipinski definition) is 4. The SMILES string of the molecule is CCc1cc(CCC(C)C)cc(C=Nc2cccc(N=Cc3cc(CCC(C)C)cc(CC)c3O)c2)c1O. The first kappa shape index (κ1) is 29.2. The molecule has 0 unspecified atom stereocenters. The largest absolute Gasteiger partial charge is 0.507 e. The molecule has 0 spiro atoms. The van der Waals surface area contributed by atoms with Crippen molar-refractivity contribution < 1.29 is 10.2 Å². The molecule has 3 rings (SSSR count). The third-order valence-electron chi connectivity index (χ3n) is 6.87. The summed E-state index contributed by atoms with van der Waals surface area (Å²) in [6.45, 7) is 13.0. The average molecular weight is 513 g/mol. The first-order valence-electron chi connectivity index (χ1n) is 14.1. The Hall–Kier alpha value is -3.40. The van der Waals surface area contributed by atoms with Gasteiger partial charge >= 0.3 is 0 Å². The lowest BCUT2D eigenvalue weighted by Gasteiger charge is -2.11. The van der Waals surface area contributed by atoms with Crippen molar-refractivity contribution >= 4 is 23.8 Å². The number of rotatable bonds is 12. The lowest BCUT2D eigenvalue weighted by atomic mass is 9.97. The number of phenolic OH excluding ortho intramolecular Hbond substituents is 2. The van der Waals surface area contributed by atoms with Gasteiger partial charge in [-0.15, -0.1) is 0 Å². The predicted octanol–water partition coefficient (Wildman–Crippen LogP) is 8.90. The summed E-state index contributed by atoms with van der Waals surface area (Å²) in [4.78, 5) is 9.31. The summed E-state index contributed by atoms with van der Waals surface area (Å²) in [6.07, 6.45) is 9.24. The van der Waals surface area contributed by atoms with Gasteiger partial charge in [-0.1, -0.05) is 59.7 Å². The second-order valence-electron chi connectivity index (χ2n) is 11.0. The molecule has 0 aliphatic rings. The lowest BCUT2D eigenvalue weighted by Crippen LogP contribution is -1.97. The highest BCUT2D eigenvalue weighted by atomic mass is 16.3. The van der Waals surface area contributed by atoms with E-state index >= 15 is 0 Å². The van der Waals surface area contributed by atoms with Crippen LogP contribution in [-0.4, -0.2) is 22.6 Å². The van der Waals surface area contributed by atoms with E-state index in [4.69, 9.17) is 0 Å². The summed E-state index contributed by atoms with van der Waals surface area (Å²) in [5.41, 5.74) is 7.37. The predicted molar refractivity (Wildman–Crippen MR) is 162 cm³/mol. The first-order valence-corrected chi connectivity index (χ1v) is 14.1. The van der Waals surface area contributed by atoms with E-state index in [-0.39, 0.29) is 0 Å². The summed E-state index contributed by atoms with van der Waals surface area (Å²) >= 11 is 0. The highest BCUT2D eigenvalue weighted by Crippen LogP contribution is 2.28. The summed E-state index contributed by atoms with van der Waals surface area (Å²) in [5.74, 6) is 1.87. The van der Waals surface area contributed by atoms with E-state index in [9.17, 15) is 10.2 Å². The van der Waals surface area contributed by atoms with Crippen LogP contribution in [0.25, 0.3) is 0 Å². The lowest BCUT2D eigenvalue weighted by molar-refractivity contribution is 0.467. The Balaban J connectivity index is 1.84. The second kappa shape index (κ2) is 13.9. The average Bonchev–Trinajstić information content (AvgIpc) is 2.90. The fourth-order valence-corrected chi connectivity index (χ4v) is 4.45. The fraction of sp³-hybridized carbons (Fsp3) is 0.412. The van der Waals surface area contributed by atoms with Crippen LogP contribution < -0.4 is 0 Å². The van der Waals surface area contributed by atoms with Crippen molar-refractivity contribution in [2.75, 3.05) is 0 Å². The summed E-state index contributed by atoms with van der Waals surface area (Å²) in [7, 11) is 0. The van der Waals surface area contributed by atoms with Gasteiger partial charge in [0.25, 0.3) is 0 Å². The van der Waals surface area contributed by atoms with Gasteiger partial charge in [0.2, 0.25) is 0 Å². The van der Waals surface area contributed by atoms with Crippen LogP contribution in [0.15, 0.2) is 58.5 Å². The van der Waals surface area contributed by atoms with Gasteiger partial charge in [-0.25, -0.2) is 0 Å². The quantitative estimate of drug-likeness (QED) is 0.238. The molecule has 0 heterocycles. The number of nitrogens with zero attached hydrogens (tertiary/aromatic N) is 2. The first-order chi connectivity index (χ1) is 18.2. The van der Waals surface area contributed by atoms with Crippen molar-refractivity contribution in [3.63, 3.8) is 0 Å². The van der Waals surface area contributed by atoms with Crippen LogP contribution in [0.4, 0.5) is 11.4 Å². The topological polar surface area (TPSA) is 65.2 Å². The molecule has 0 amide bonds. The minimum absolute atomic E-state index is 0.304. The van der Waals surface area contributed by atoms with Gasteiger partial charge in [-0.05, 0) is 103 Å². The maximum absolute atomic E-state index is 10.8. The second-order valence-corrected chi connectivity index (χ2v) is 11.0. The summed E-state index contributed by atoms with van der Waals surface area (Å²) < 4.78 is 0. The van der Waals surface area contributed by atoms with Gasteiger partial charge in [-0.3, -0.25) is 9.98 Å². The van der Waals surface area contributed by atoms with E-state index in [1.54, 1.807) is 12.4 Å². The van der Waals surface area contributed by atoms with E-state index in [0.29, 0.717) is 23.3 Å². The molecule has 0 saturated heterocycles. The van der Waals surface area contributed by atoms with E-state index in [1.165, 1.54) is 11.1 Å². The van der Waals surface area contributed by atoms with Crippen molar-refractivity contribution in [3.05, 3.63) is 81.9 Å². The molecule has 0 bridgehead atoms. The zero-order valence-electron chi connectivity index (χ0n) is 24.0. The molecule has 202 valence electrons. The molecule has 0 radical (unpaired) electrons. The standard InChI is InChI=1S/C34H44N2O2/c1-7-27-16-25(14-12-23(3)4)18-29(33(27)37)21-35-31-10-9-11-32(20-31)36-22-30-19-26(15-13-24(5)6)17-28(8-2)34(30)38/h9-11,16-24,37-38H,7-8,12-15H2,1-6H3. The fourth-order valence-electron chi connectivity index (χ4n) is 4.45. The molecule has 2 N–H and O–H groups in total. The van der Waals surface area contributed by atoms with Crippen molar-refractivity contribution in [1.82, 2.24) is 0 Å². The molecule has 0 aliphatic carbocycles. The zero-order chi connectivity index (χ0) is 27.7. The molecular formula is C34H44N2O2. The van der Waals surface area contributed by atoms with Crippen LogP contribution in [0.5, 0.6) is 11.5 Å². The van der Waals surface area contributed by atoms with Gasteiger partial charge < -0.3 is 10.2 Å². The molecule has 0 saturated carbocycles. The minimum atomic E-state index is 0.304. The van der Waals surface area contributed by atoms with Crippen LogP contribution in [0.2, 0.25) is 0 Å². The van der Waals surface area contributed by atoms with Crippen LogP contribution in [0.3, 0.4) is 0 Å². The van der Waals surface area contributed by atoms with Crippen molar-refractivity contribution in [2.45, 2.75) is 80.1 Å². The van der Waals surface area contributed by atoms with Crippen molar-refractivity contribution in [2.24, 2.45) is 21.8 Å². The Morgan fingerprint density at radius 2 is 1.08 bits per heavy atom. The summed E-state index contributed by atoms with van der Waals surface area (Å²) in [5, 5.41) is 21.5. The zero-order valence-corrected chi connectivity index (χ0v) is 24.0. The Bertz CT molecular complexity index is 1180. The van der Waals surface area contributed by atoms with Gasteiger partial charge in [0.05, 0.1) is 11.4 Å². The molecule has 3 aromatic rings. The Labute approximate surface area is 229 Å². The Morgan fingerprint density at radius 1 is 0.658 bits per heavy atom. The molecule has 0 atom stereocenters. The van der Waals surface area contributed by atoms with Crippen LogP contribution in [0, 0.1) is 11.8 Å². The normalized spacial score (nSPS) is 12.0. The van der Waals surface area contributed by atoms with E-state index in [2.05, 4.69) is 63.7 Å². The van der Waals surface area contributed by atoms with Gasteiger partial charge in [0.15, 0.2) is 0 Å². The highest BCUT2D eigenvalue weighted by Gasteiger charge is 2.10. The Kier molecular flexibility index (Phi) is 10.7. The smallest absolute Gasteiger partial charge is 0.127 e. The number of hydrogen-bond donors (Lipinski definition) is 2. The number of aromatic hydroxyl groups is 2.